The van der Waals surface area contributed by atoms with Crippen LogP contribution >= 0.6 is 0 Å². The van der Waals surface area contributed by atoms with Crippen LogP contribution in [-0.2, 0) is 0 Å². The molecule has 0 aliphatic carbocycles. The molecule has 0 spiro atoms. The van der Waals surface area contributed by atoms with Crippen LogP contribution in [-0.4, -0.2) is 32.6 Å². The molecule has 0 rings (SSSR count). The molecule has 0 saturated carbocycles. The predicted octanol–water partition coefficient (Wildman–Crippen LogP) is 3.25. The zero-order valence-corrected chi connectivity index (χ0v) is 12.4. The van der Waals surface area contributed by atoms with Crippen LogP contribution in [0.2, 0.25) is 12.1 Å². The Morgan fingerprint density at radius 2 is 1.28 bits per heavy atom. The van der Waals surface area contributed by atoms with Crippen LogP contribution in [0.25, 0.3) is 0 Å². The van der Waals surface area contributed by atoms with E-state index in [1.807, 2.05) is 30.4 Å². The Bertz CT molecular complexity index is 277. The number of nitrogens with one attached hydrogen (secondary N) is 1. The molecule has 100 valence electrons. The molecule has 0 aromatic heterocycles. The minimum absolute atomic E-state index is 0.804. The number of hydrogen-bond acceptors (Lipinski definition) is 2. The van der Waals surface area contributed by atoms with E-state index < -0.39 is 8.40 Å². The van der Waals surface area contributed by atoms with Gasteiger partial charge in [0.1, 0.15) is 0 Å². The van der Waals surface area contributed by atoms with Crippen molar-refractivity contribution in [1.29, 1.82) is 0 Å². The summed E-state index contributed by atoms with van der Waals surface area (Å²) in [6.07, 6.45) is 9.75. The molecule has 0 unspecified atom stereocenters. The average Bonchev–Trinajstić information content (AvgIpc) is 2.36. The summed E-state index contributed by atoms with van der Waals surface area (Å²) in [5, 5.41) is 0. The second kappa shape index (κ2) is 9.83. The van der Waals surface area contributed by atoms with Crippen LogP contribution in [0.3, 0.4) is 0 Å². The summed E-state index contributed by atoms with van der Waals surface area (Å²) in [6.45, 7) is 21.8. The van der Waals surface area contributed by atoms with Crippen molar-refractivity contribution in [3.8, 4) is 0 Å². The highest BCUT2D eigenvalue weighted by Crippen LogP contribution is 2.19. The van der Waals surface area contributed by atoms with E-state index in [4.69, 9.17) is 0 Å². The molecule has 0 bridgehead atoms. The van der Waals surface area contributed by atoms with Gasteiger partial charge in [-0.15, -0.1) is 32.9 Å². The number of rotatable bonds is 12. The lowest BCUT2D eigenvalue weighted by Crippen LogP contribution is -2.63. The van der Waals surface area contributed by atoms with Gasteiger partial charge in [-0.3, -0.25) is 0 Å². The van der Waals surface area contributed by atoms with E-state index in [1.165, 1.54) is 0 Å². The van der Waals surface area contributed by atoms with Gasteiger partial charge in [0.15, 0.2) is 0 Å². The Hall–Kier alpha value is -1.16. The molecule has 2 nitrogen and oxygen atoms in total. The van der Waals surface area contributed by atoms with Crippen molar-refractivity contribution < 1.29 is 0 Å². The fraction of sp³-hybridized carbons (Fsp3) is 0.333. The maximum Gasteiger partial charge on any atom is 0.212 e. The van der Waals surface area contributed by atoms with Crippen LogP contribution in [0.4, 0.5) is 0 Å². The fourth-order valence-electron chi connectivity index (χ4n) is 2.07. The molecule has 0 aliphatic heterocycles. The first-order valence-electron chi connectivity index (χ1n) is 6.25. The van der Waals surface area contributed by atoms with Crippen molar-refractivity contribution in [2.75, 3.05) is 19.6 Å². The van der Waals surface area contributed by atoms with Crippen molar-refractivity contribution in [2.24, 2.45) is 0 Å². The summed E-state index contributed by atoms with van der Waals surface area (Å²) < 4.78 is 2.43. The van der Waals surface area contributed by atoms with Crippen molar-refractivity contribution in [3.05, 3.63) is 63.3 Å². The number of allylic oxidation sites excluding steroid dienone is 2. The molecule has 0 fully saturated rings. The third-order valence-electron chi connectivity index (χ3n) is 2.84. The van der Waals surface area contributed by atoms with Crippen LogP contribution in [0.15, 0.2) is 63.3 Å². The first-order chi connectivity index (χ1) is 8.70. The normalized spacial score (nSPS) is 10.9. The summed E-state index contributed by atoms with van der Waals surface area (Å²) in [5.41, 5.74) is 0. The van der Waals surface area contributed by atoms with Crippen LogP contribution in [0, 0.1) is 0 Å². The SMILES string of the molecule is C=CCN[Si](CC=C)(CC=C)N(CC=C)CC=C. The van der Waals surface area contributed by atoms with Crippen molar-refractivity contribution >= 4 is 8.40 Å². The lowest BCUT2D eigenvalue weighted by molar-refractivity contribution is 0.492. The van der Waals surface area contributed by atoms with Gasteiger partial charge in [0.2, 0.25) is 8.40 Å². The molecular weight excluding hydrogens is 236 g/mol. The topological polar surface area (TPSA) is 15.3 Å². The minimum Gasteiger partial charge on any atom is -0.321 e. The number of nitrogens with zero attached hydrogens (tertiary/aromatic N) is 1. The van der Waals surface area contributed by atoms with Crippen molar-refractivity contribution in [1.82, 2.24) is 9.55 Å². The van der Waals surface area contributed by atoms with Gasteiger partial charge in [0.05, 0.1) is 0 Å². The van der Waals surface area contributed by atoms with E-state index >= 15 is 0 Å². The van der Waals surface area contributed by atoms with E-state index in [9.17, 15) is 0 Å². The van der Waals surface area contributed by atoms with Gasteiger partial charge in [-0.05, 0) is 12.1 Å². The first kappa shape index (κ1) is 16.8. The third-order valence-corrected chi connectivity index (χ3v) is 7.21. The monoisotopic (exact) mass is 262 g/mol. The van der Waals surface area contributed by atoms with Gasteiger partial charge in [-0.1, -0.05) is 30.4 Å². The van der Waals surface area contributed by atoms with E-state index in [-0.39, 0.29) is 0 Å². The Kier molecular flexibility index (Phi) is 9.19. The molecule has 1 N–H and O–H groups in total. The van der Waals surface area contributed by atoms with Gasteiger partial charge in [-0.25, -0.2) is 0 Å². The lowest BCUT2D eigenvalue weighted by Gasteiger charge is -2.40. The van der Waals surface area contributed by atoms with E-state index in [1.54, 1.807) is 0 Å². The zero-order chi connectivity index (χ0) is 13.9. The highest BCUT2D eigenvalue weighted by atomic mass is 28.3. The van der Waals surface area contributed by atoms with E-state index in [2.05, 4.69) is 42.4 Å². The molecular formula is C15H26N2Si. The molecule has 0 radical (unpaired) electrons. The smallest absolute Gasteiger partial charge is 0.212 e. The largest absolute Gasteiger partial charge is 0.321 e. The molecule has 3 heteroatoms. The molecule has 0 saturated heterocycles. The maximum absolute atomic E-state index is 3.89. The van der Waals surface area contributed by atoms with Crippen LogP contribution in [0.5, 0.6) is 0 Å². The molecule has 0 amide bonds. The fourth-order valence-corrected chi connectivity index (χ4v) is 5.71. The Morgan fingerprint density at radius 3 is 1.61 bits per heavy atom. The highest BCUT2D eigenvalue weighted by Gasteiger charge is 2.36. The average molecular weight is 262 g/mol. The van der Waals surface area contributed by atoms with Gasteiger partial charge >= 0.3 is 0 Å². The molecule has 0 aromatic rings. The number of hydrogen-bond donors (Lipinski definition) is 1. The first-order valence-corrected chi connectivity index (χ1v) is 8.61. The quantitative estimate of drug-likeness (QED) is 0.429. The van der Waals surface area contributed by atoms with Crippen LogP contribution in [0.1, 0.15) is 0 Å². The summed E-state index contributed by atoms with van der Waals surface area (Å²) >= 11 is 0. The summed E-state index contributed by atoms with van der Waals surface area (Å²) in [4.78, 5) is 3.66. The molecule has 0 aliphatic rings. The van der Waals surface area contributed by atoms with Gasteiger partial charge in [0, 0.05) is 19.6 Å². The second-order valence-corrected chi connectivity index (χ2v) is 8.03. The van der Waals surface area contributed by atoms with Gasteiger partial charge < -0.3 is 9.55 Å². The molecule has 0 aromatic carbocycles. The summed E-state index contributed by atoms with van der Waals surface area (Å²) in [6, 6.07) is 1.93. The Balaban J connectivity index is 5.19. The Labute approximate surface area is 113 Å². The predicted molar refractivity (Wildman–Crippen MR) is 85.9 cm³/mol. The van der Waals surface area contributed by atoms with Crippen molar-refractivity contribution in [2.45, 2.75) is 12.1 Å². The second-order valence-electron chi connectivity index (χ2n) is 4.17. The summed E-state index contributed by atoms with van der Waals surface area (Å²) in [7, 11) is -1.85. The van der Waals surface area contributed by atoms with Crippen molar-refractivity contribution in [3.63, 3.8) is 0 Å². The summed E-state index contributed by atoms with van der Waals surface area (Å²) in [5.74, 6) is 0. The maximum atomic E-state index is 3.89. The van der Waals surface area contributed by atoms with Crippen LogP contribution < -0.4 is 4.98 Å². The zero-order valence-electron chi connectivity index (χ0n) is 11.4. The minimum atomic E-state index is -1.85. The van der Waals surface area contributed by atoms with E-state index in [0.29, 0.717) is 0 Å². The molecule has 18 heavy (non-hydrogen) atoms. The van der Waals surface area contributed by atoms with Gasteiger partial charge in [-0.2, -0.15) is 0 Å². The van der Waals surface area contributed by atoms with Gasteiger partial charge in [0.25, 0.3) is 0 Å². The van der Waals surface area contributed by atoms with E-state index in [0.717, 1.165) is 31.7 Å². The molecule has 0 atom stereocenters. The highest BCUT2D eigenvalue weighted by molar-refractivity contribution is 6.75. The standard InChI is InChI=1S/C15H26N2Si/c1-6-11-16-18(14-9-4,15-10-5)17(12-7-2)13-8-3/h6-10,16H,1-5,11-15H2. The Morgan fingerprint density at radius 1 is 0.778 bits per heavy atom. The lowest BCUT2D eigenvalue weighted by atomic mass is 10.5. The third kappa shape index (κ3) is 5.00. The molecule has 0 heterocycles.